The van der Waals surface area contributed by atoms with Crippen molar-refractivity contribution in [3.8, 4) is 0 Å². The number of nitrogens with one attached hydrogen (secondary N) is 2. The summed E-state index contributed by atoms with van der Waals surface area (Å²) in [6.45, 7) is 5.70. The van der Waals surface area contributed by atoms with Gasteiger partial charge in [0.05, 0.1) is 6.04 Å². The molecule has 0 aromatic heterocycles. The second-order valence-electron chi connectivity index (χ2n) is 3.78. The van der Waals surface area contributed by atoms with Gasteiger partial charge in [0, 0.05) is 13.1 Å². The highest BCUT2D eigenvalue weighted by Crippen LogP contribution is 2.08. The summed E-state index contributed by atoms with van der Waals surface area (Å²) in [4.78, 5) is 13.5. The molecule has 5 heteroatoms. The first-order chi connectivity index (χ1) is 6.54. The second-order valence-corrected chi connectivity index (χ2v) is 3.78. The minimum atomic E-state index is -0.159. The van der Waals surface area contributed by atoms with E-state index in [1.54, 1.807) is 0 Å². The van der Waals surface area contributed by atoms with Crippen molar-refractivity contribution < 1.29 is 4.79 Å². The highest BCUT2D eigenvalue weighted by molar-refractivity contribution is 5.81. The molecule has 0 heterocycles. The number of nitrogens with zero attached hydrogens (tertiary/aromatic N) is 1. The maximum Gasteiger partial charge on any atom is 0.251 e. The van der Waals surface area contributed by atoms with Crippen molar-refractivity contribution in [3.63, 3.8) is 0 Å². The van der Waals surface area contributed by atoms with Crippen molar-refractivity contribution in [1.29, 1.82) is 0 Å². The number of hydrogen-bond acceptors (Lipinski definition) is 4. The van der Waals surface area contributed by atoms with E-state index in [1.807, 2.05) is 32.8 Å². The van der Waals surface area contributed by atoms with E-state index in [0.29, 0.717) is 0 Å². The third kappa shape index (κ3) is 4.04. The molecular weight excluding hydrogens is 180 g/mol. The van der Waals surface area contributed by atoms with E-state index in [9.17, 15) is 4.79 Å². The van der Waals surface area contributed by atoms with Crippen LogP contribution in [0.1, 0.15) is 13.8 Å². The molecule has 0 aliphatic rings. The average Bonchev–Trinajstić information content (AvgIpc) is 2.14. The summed E-state index contributed by atoms with van der Waals surface area (Å²) in [5.41, 5.74) is 2.20. The van der Waals surface area contributed by atoms with Crippen LogP contribution < -0.4 is 16.6 Å². The lowest BCUT2D eigenvalue weighted by Gasteiger charge is -2.29. The van der Waals surface area contributed by atoms with E-state index in [1.165, 1.54) is 0 Å². The first-order valence-corrected chi connectivity index (χ1v) is 4.89. The largest absolute Gasteiger partial charge is 0.318 e. The summed E-state index contributed by atoms with van der Waals surface area (Å²) in [7, 11) is 3.82. The number of likely N-dealkylation sites (N-methyl/N-ethyl adjacent to an activating group) is 2. The van der Waals surface area contributed by atoms with Crippen LogP contribution in [0, 0.1) is 5.92 Å². The molecule has 14 heavy (non-hydrogen) atoms. The number of carbonyl (C=O) groups is 1. The number of amides is 1. The van der Waals surface area contributed by atoms with E-state index in [4.69, 9.17) is 5.84 Å². The Labute approximate surface area is 86.0 Å². The van der Waals surface area contributed by atoms with E-state index in [2.05, 4.69) is 10.7 Å². The SMILES string of the molecule is CNCCN(C)C(C(=O)NN)C(C)C. The van der Waals surface area contributed by atoms with E-state index in [0.717, 1.165) is 13.1 Å². The molecule has 0 aromatic rings. The predicted octanol–water partition coefficient (Wildman–Crippen LogP) is -0.848. The zero-order valence-electron chi connectivity index (χ0n) is 9.50. The Morgan fingerprint density at radius 3 is 2.43 bits per heavy atom. The quantitative estimate of drug-likeness (QED) is 0.298. The molecule has 0 fully saturated rings. The highest BCUT2D eigenvalue weighted by atomic mass is 16.2. The molecule has 0 saturated heterocycles. The van der Waals surface area contributed by atoms with Crippen molar-refractivity contribution in [2.75, 3.05) is 27.2 Å². The van der Waals surface area contributed by atoms with Crippen LogP contribution in [-0.4, -0.2) is 44.0 Å². The van der Waals surface area contributed by atoms with Crippen LogP contribution in [0.5, 0.6) is 0 Å². The first kappa shape index (κ1) is 13.4. The smallest absolute Gasteiger partial charge is 0.251 e. The van der Waals surface area contributed by atoms with Gasteiger partial charge in [-0.15, -0.1) is 0 Å². The van der Waals surface area contributed by atoms with Gasteiger partial charge in [0.2, 0.25) is 0 Å². The molecule has 0 radical (unpaired) electrons. The van der Waals surface area contributed by atoms with Crippen molar-refractivity contribution in [1.82, 2.24) is 15.6 Å². The van der Waals surface area contributed by atoms with Gasteiger partial charge in [-0.05, 0) is 20.0 Å². The highest BCUT2D eigenvalue weighted by Gasteiger charge is 2.25. The van der Waals surface area contributed by atoms with Crippen LogP contribution in [-0.2, 0) is 4.79 Å². The molecule has 84 valence electrons. The van der Waals surface area contributed by atoms with Crippen LogP contribution in [0.3, 0.4) is 0 Å². The summed E-state index contributed by atoms with van der Waals surface area (Å²) in [6, 6.07) is -0.159. The molecule has 0 aromatic carbocycles. The molecule has 0 bridgehead atoms. The molecule has 0 saturated carbocycles. The lowest BCUT2D eigenvalue weighted by Crippen LogP contribution is -2.51. The van der Waals surface area contributed by atoms with E-state index >= 15 is 0 Å². The number of hydrazine groups is 1. The van der Waals surface area contributed by atoms with E-state index < -0.39 is 0 Å². The Morgan fingerprint density at radius 2 is 2.07 bits per heavy atom. The van der Waals surface area contributed by atoms with Crippen molar-refractivity contribution in [2.24, 2.45) is 11.8 Å². The Balaban J connectivity index is 4.25. The fraction of sp³-hybridized carbons (Fsp3) is 0.889. The molecule has 5 nitrogen and oxygen atoms in total. The average molecular weight is 202 g/mol. The third-order valence-electron chi connectivity index (χ3n) is 2.23. The second kappa shape index (κ2) is 6.75. The predicted molar refractivity (Wildman–Crippen MR) is 57.5 cm³/mol. The summed E-state index contributed by atoms with van der Waals surface area (Å²) >= 11 is 0. The van der Waals surface area contributed by atoms with Gasteiger partial charge in [-0.3, -0.25) is 15.1 Å². The molecule has 4 N–H and O–H groups in total. The van der Waals surface area contributed by atoms with Gasteiger partial charge in [-0.2, -0.15) is 0 Å². The van der Waals surface area contributed by atoms with Gasteiger partial charge in [0.15, 0.2) is 0 Å². The Bertz CT molecular complexity index is 172. The standard InChI is InChI=1S/C9H22N4O/c1-7(2)8(9(14)12-10)13(4)6-5-11-3/h7-8,11H,5-6,10H2,1-4H3,(H,12,14). The summed E-state index contributed by atoms with van der Waals surface area (Å²) in [5.74, 6) is 5.26. The van der Waals surface area contributed by atoms with Gasteiger partial charge in [-0.25, -0.2) is 5.84 Å². The summed E-state index contributed by atoms with van der Waals surface area (Å²) < 4.78 is 0. The number of nitrogens with two attached hydrogens (primary N) is 1. The molecule has 1 atom stereocenters. The Kier molecular flexibility index (Phi) is 6.44. The summed E-state index contributed by atoms with van der Waals surface area (Å²) in [6.07, 6.45) is 0. The van der Waals surface area contributed by atoms with Gasteiger partial charge >= 0.3 is 0 Å². The fourth-order valence-corrected chi connectivity index (χ4v) is 1.52. The number of rotatable bonds is 6. The molecule has 0 aliphatic heterocycles. The lowest BCUT2D eigenvalue weighted by molar-refractivity contribution is -0.127. The van der Waals surface area contributed by atoms with Crippen LogP contribution >= 0.6 is 0 Å². The maximum absolute atomic E-state index is 11.5. The van der Waals surface area contributed by atoms with Gasteiger partial charge in [-0.1, -0.05) is 13.8 Å². The zero-order chi connectivity index (χ0) is 11.1. The topological polar surface area (TPSA) is 70.4 Å². The van der Waals surface area contributed by atoms with Gasteiger partial charge < -0.3 is 5.32 Å². The first-order valence-electron chi connectivity index (χ1n) is 4.89. The molecule has 0 spiro atoms. The van der Waals surface area contributed by atoms with E-state index in [-0.39, 0.29) is 17.9 Å². The van der Waals surface area contributed by atoms with Gasteiger partial charge in [0.25, 0.3) is 5.91 Å². The van der Waals surface area contributed by atoms with Gasteiger partial charge in [0.1, 0.15) is 0 Å². The zero-order valence-corrected chi connectivity index (χ0v) is 9.50. The normalized spacial score (nSPS) is 13.4. The summed E-state index contributed by atoms with van der Waals surface area (Å²) in [5, 5.41) is 3.04. The van der Waals surface area contributed by atoms with Crippen molar-refractivity contribution >= 4 is 5.91 Å². The lowest BCUT2D eigenvalue weighted by atomic mass is 10.0. The van der Waals surface area contributed by atoms with Crippen LogP contribution in [0.2, 0.25) is 0 Å². The number of carbonyl (C=O) groups excluding carboxylic acids is 1. The Morgan fingerprint density at radius 1 is 1.50 bits per heavy atom. The minimum Gasteiger partial charge on any atom is -0.318 e. The molecule has 1 unspecified atom stereocenters. The molecule has 0 rings (SSSR count). The van der Waals surface area contributed by atoms with Crippen LogP contribution in [0.25, 0.3) is 0 Å². The fourth-order valence-electron chi connectivity index (χ4n) is 1.52. The molecule has 0 aliphatic carbocycles. The molecular formula is C9H22N4O. The molecule has 1 amide bonds. The maximum atomic E-state index is 11.5. The Hall–Kier alpha value is -0.650. The monoisotopic (exact) mass is 202 g/mol. The van der Waals surface area contributed by atoms with Crippen molar-refractivity contribution in [2.45, 2.75) is 19.9 Å². The number of hydrogen-bond donors (Lipinski definition) is 3. The van der Waals surface area contributed by atoms with Crippen LogP contribution in [0.4, 0.5) is 0 Å². The third-order valence-corrected chi connectivity index (χ3v) is 2.23. The minimum absolute atomic E-state index is 0.126. The van der Waals surface area contributed by atoms with Crippen LogP contribution in [0.15, 0.2) is 0 Å². The van der Waals surface area contributed by atoms with Crippen molar-refractivity contribution in [3.05, 3.63) is 0 Å².